The molecule has 2 nitrogen and oxygen atoms in total. The van der Waals surface area contributed by atoms with Crippen LogP contribution in [-0.2, 0) is 0 Å². The van der Waals surface area contributed by atoms with Crippen molar-refractivity contribution >= 4 is 15.9 Å². The van der Waals surface area contributed by atoms with Gasteiger partial charge in [-0.3, -0.25) is 0 Å². The lowest BCUT2D eigenvalue weighted by atomic mass is 10.0. The van der Waals surface area contributed by atoms with E-state index in [0.29, 0.717) is 6.04 Å². The molecule has 1 aliphatic heterocycles. The summed E-state index contributed by atoms with van der Waals surface area (Å²) in [6.45, 7) is 3.13. The van der Waals surface area contributed by atoms with Crippen LogP contribution in [0.5, 0.6) is 5.75 Å². The van der Waals surface area contributed by atoms with E-state index < -0.39 is 0 Å². The van der Waals surface area contributed by atoms with Gasteiger partial charge in [-0.05, 0) is 30.5 Å². The number of halogens is 1. The van der Waals surface area contributed by atoms with E-state index in [4.69, 9.17) is 4.74 Å². The van der Waals surface area contributed by atoms with Crippen LogP contribution in [0.3, 0.4) is 0 Å². The van der Waals surface area contributed by atoms with Crippen molar-refractivity contribution in [2.45, 2.75) is 31.8 Å². The molecule has 0 aromatic heterocycles. The van der Waals surface area contributed by atoms with Crippen LogP contribution >= 0.6 is 15.9 Å². The van der Waals surface area contributed by atoms with Crippen LogP contribution in [0.25, 0.3) is 0 Å². The molecule has 1 fully saturated rings. The van der Waals surface area contributed by atoms with E-state index in [1.165, 1.54) is 12.0 Å². The molecule has 16 heavy (non-hydrogen) atoms. The van der Waals surface area contributed by atoms with Crippen LogP contribution in [0.1, 0.15) is 31.4 Å². The second-order valence-electron chi connectivity index (χ2n) is 4.86. The van der Waals surface area contributed by atoms with Crippen molar-refractivity contribution in [1.29, 1.82) is 0 Å². The van der Waals surface area contributed by atoms with Gasteiger partial charge in [-0.25, -0.2) is 0 Å². The number of hydrogen-bond acceptors (Lipinski definition) is 2. The Balaban J connectivity index is 1.83. The first-order valence-electron chi connectivity index (χ1n) is 5.92. The molecule has 3 heteroatoms. The van der Waals surface area contributed by atoms with Crippen LogP contribution in [0.4, 0.5) is 0 Å². The number of hydrogen-bond donors (Lipinski definition) is 1. The summed E-state index contributed by atoms with van der Waals surface area (Å²) in [7, 11) is 0. The van der Waals surface area contributed by atoms with Gasteiger partial charge in [-0.2, -0.15) is 0 Å². The Morgan fingerprint density at radius 1 is 1.44 bits per heavy atom. The van der Waals surface area contributed by atoms with Crippen molar-refractivity contribution in [2.75, 3.05) is 6.61 Å². The number of ether oxygens (including phenoxy) is 1. The third-order valence-corrected chi connectivity index (χ3v) is 4.03. The zero-order valence-electron chi connectivity index (χ0n) is 9.37. The Morgan fingerprint density at radius 3 is 3.00 bits per heavy atom. The highest BCUT2D eigenvalue weighted by Gasteiger charge is 2.35. The van der Waals surface area contributed by atoms with Gasteiger partial charge in [0.2, 0.25) is 0 Å². The van der Waals surface area contributed by atoms with E-state index in [0.717, 1.165) is 35.2 Å². The predicted octanol–water partition coefficient (Wildman–Crippen LogP) is 3.27. The van der Waals surface area contributed by atoms with E-state index in [2.05, 4.69) is 40.3 Å². The summed E-state index contributed by atoms with van der Waals surface area (Å²) in [4.78, 5) is 0. The molecule has 1 N–H and O–H groups in total. The fourth-order valence-corrected chi connectivity index (χ4v) is 2.73. The molecule has 3 atom stereocenters. The molecule has 1 heterocycles. The van der Waals surface area contributed by atoms with Gasteiger partial charge in [-0.15, -0.1) is 0 Å². The Labute approximate surface area is 105 Å². The standard InChI is InChI=1S/C13H16BrNO/c1-8-6-12(8)15-11-4-5-16-13-3-2-9(14)7-10(11)13/h2-3,7-8,11-12,15H,4-6H2,1H3. The third kappa shape index (κ3) is 1.98. The molecule has 0 bridgehead atoms. The summed E-state index contributed by atoms with van der Waals surface area (Å²) >= 11 is 3.53. The molecule has 0 radical (unpaired) electrons. The maximum atomic E-state index is 5.68. The van der Waals surface area contributed by atoms with E-state index in [1.54, 1.807) is 0 Å². The number of fused-ring (bicyclic) bond motifs is 1. The van der Waals surface area contributed by atoms with Crippen LogP contribution < -0.4 is 10.1 Å². The summed E-state index contributed by atoms with van der Waals surface area (Å²) in [5, 5.41) is 3.73. The second kappa shape index (κ2) is 4.04. The average molecular weight is 282 g/mol. The topological polar surface area (TPSA) is 21.3 Å². The zero-order chi connectivity index (χ0) is 11.1. The van der Waals surface area contributed by atoms with Gasteiger partial charge in [0.1, 0.15) is 5.75 Å². The van der Waals surface area contributed by atoms with Crippen LogP contribution in [0.2, 0.25) is 0 Å². The lowest BCUT2D eigenvalue weighted by Gasteiger charge is -2.27. The largest absolute Gasteiger partial charge is 0.493 e. The Bertz CT molecular complexity index is 407. The Hall–Kier alpha value is -0.540. The van der Waals surface area contributed by atoms with Gasteiger partial charge in [0.25, 0.3) is 0 Å². The molecular formula is C13H16BrNO. The summed E-state index contributed by atoms with van der Waals surface area (Å²) in [6.07, 6.45) is 2.40. The SMILES string of the molecule is CC1CC1NC1CCOc2ccc(Br)cc21. The van der Waals surface area contributed by atoms with E-state index in [1.807, 2.05) is 6.07 Å². The number of nitrogens with one attached hydrogen (secondary N) is 1. The van der Waals surface area contributed by atoms with Gasteiger partial charge >= 0.3 is 0 Å². The zero-order valence-corrected chi connectivity index (χ0v) is 11.0. The maximum absolute atomic E-state index is 5.68. The van der Waals surface area contributed by atoms with Gasteiger partial charge in [-0.1, -0.05) is 22.9 Å². The molecule has 86 valence electrons. The van der Waals surface area contributed by atoms with Gasteiger partial charge in [0.15, 0.2) is 0 Å². The lowest BCUT2D eigenvalue weighted by Crippen LogP contribution is -2.29. The van der Waals surface area contributed by atoms with Crippen molar-refractivity contribution in [3.05, 3.63) is 28.2 Å². The molecule has 0 amide bonds. The van der Waals surface area contributed by atoms with E-state index >= 15 is 0 Å². The normalized spacial score (nSPS) is 31.8. The van der Waals surface area contributed by atoms with Crippen molar-refractivity contribution in [1.82, 2.24) is 5.32 Å². The first kappa shape index (κ1) is 10.6. The van der Waals surface area contributed by atoms with Gasteiger partial charge < -0.3 is 10.1 Å². The minimum absolute atomic E-state index is 0.469. The molecule has 3 unspecified atom stereocenters. The highest BCUT2D eigenvalue weighted by molar-refractivity contribution is 9.10. The summed E-state index contributed by atoms with van der Waals surface area (Å²) in [5.41, 5.74) is 1.31. The van der Waals surface area contributed by atoms with Crippen LogP contribution in [0.15, 0.2) is 22.7 Å². The third-order valence-electron chi connectivity index (χ3n) is 3.54. The molecular weight excluding hydrogens is 266 g/mol. The first-order valence-corrected chi connectivity index (χ1v) is 6.71. The second-order valence-corrected chi connectivity index (χ2v) is 5.77. The van der Waals surface area contributed by atoms with Crippen molar-refractivity contribution < 1.29 is 4.74 Å². The number of benzene rings is 1. The Morgan fingerprint density at radius 2 is 2.25 bits per heavy atom. The molecule has 1 saturated carbocycles. The predicted molar refractivity (Wildman–Crippen MR) is 67.7 cm³/mol. The van der Waals surface area contributed by atoms with Crippen molar-refractivity contribution in [3.63, 3.8) is 0 Å². The lowest BCUT2D eigenvalue weighted by molar-refractivity contribution is 0.251. The molecule has 0 saturated heterocycles. The molecule has 1 aromatic carbocycles. The summed E-state index contributed by atoms with van der Waals surface area (Å²) in [6, 6.07) is 7.47. The number of rotatable bonds is 2. The highest BCUT2D eigenvalue weighted by atomic mass is 79.9. The van der Waals surface area contributed by atoms with E-state index in [9.17, 15) is 0 Å². The minimum atomic E-state index is 0.469. The van der Waals surface area contributed by atoms with Crippen molar-refractivity contribution in [2.24, 2.45) is 5.92 Å². The van der Waals surface area contributed by atoms with Gasteiger partial charge in [0, 0.05) is 28.5 Å². The quantitative estimate of drug-likeness (QED) is 0.899. The van der Waals surface area contributed by atoms with E-state index in [-0.39, 0.29) is 0 Å². The summed E-state index contributed by atoms with van der Waals surface area (Å²) in [5.74, 6) is 1.89. The first-order chi connectivity index (χ1) is 7.74. The average Bonchev–Trinajstić information content (AvgIpc) is 2.95. The molecule has 1 aliphatic carbocycles. The monoisotopic (exact) mass is 281 g/mol. The highest BCUT2D eigenvalue weighted by Crippen LogP contribution is 2.38. The van der Waals surface area contributed by atoms with Crippen LogP contribution in [0, 0.1) is 5.92 Å². The smallest absolute Gasteiger partial charge is 0.124 e. The molecule has 3 rings (SSSR count). The summed E-state index contributed by atoms with van der Waals surface area (Å²) < 4.78 is 6.81. The van der Waals surface area contributed by atoms with Gasteiger partial charge in [0.05, 0.1) is 6.61 Å². The van der Waals surface area contributed by atoms with Crippen molar-refractivity contribution in [3.8, 4) is 5.75 Å². The molecule has 2 aliphatic rings. The fourth-order valence-electron chi connectivity index (χ4n) is 2.35. The maximum Gasteiger partial charge on any atom is 0.124 e. The Kier molecular flexibility index (Phi) is 2.68. The molecule has 0 spiro atoms. The van der Waals surface area contributed by atoms with Crippen LogP contribution in [-0.4, -0.2) is 12.6 Å². The fraction of sp³-hybridized carbons (Fsp3) is 0.538. The minimum Gasteiger partial charge on any atom is -0.493 e. The molecule has 1 aromatic rings.